The highest BCUT2D eigenvalue weighted by Gasteiger charge is 2.35. The molecule has 0 bridgehead atoms. The molecule has 1 aromatic rings. The molecular weight excluding hydrogens is 198 g/mol. The van der Waals surface area contributed by atoms with Gasteiger partial charge in [-0.05, 0) is 38.4 Å². The molecule has 2 rings (SSSR count). The monoisotopic (exact) mass is 218 g/mol. The molecule has 0 aromatic heterocycles. The molecule has 1 aliphatic rings. The van der Waals surface area contributed by atoms with Crippen molar-refractivity contribution in [2.45, 2.75) is 25.4 Å². The van der Waals surface area contributed by atoms with Gasteiger partial charge in [0.25, 0.3) is 0 Å². The van der Waals surface area contributed by atoms with Crippen molar-refractivity contribution in [3.63, 3.8) is 0 Å². The maximum absolute atomic E-state index is 6.06. The zero-order chi connectivity index (χ0) is 11.4. The zero-order valence-electron chi connectivity index (χ0n) is 10.2. The van der Waals surface area contributed by atoms with Gasteiger partial charge >= 0.3 is 0 Å². The molecular formula is C14H20NO. The molecule has 0 spiro atoms. The van der Waals surface area contributed by atoms with Gasteiger partial charge in [-0.25, -0.2) is 0 Å². The quantitative estimate of drug-likeness (QED) is 0.772. The maximum Gasteiger partial charge on any atom is 0.0955 e. The van der Waals surface area contributed by atoms with Crippen molar-refractivity contribution in [3.8, 4) is 0 Å². The molecule has 0 N–H and O–H groups in total. The largest absolute Gasteiger partial charge is 0.370 e. The van der Waals surface area contributed by atoms with Gasteiger partial charge in [0.15, 0.2) is 0 Å². The average molecular weight is 218 g/mol. The van der Waals surface area contributed by atoms with E-state index in [4.69, 9.17) is 4.74 Å². The fourth-order valence-electron chi connectivity index (χ4n) is 2.46. The summed E-state index contributed by atoms with van der Waals surface area (Å²) in [5.41, 5.74) is 1.25. The van der Waals surface area contributed by atoms with E-state index in [-0.39, 0.29) is 5.60 Å². The summed E-state index contributed by atoms with van der Waals surface area (Å²) in [5.74, 6) is 0. The first kappa shape index (κ1) is 11.6. The van der Waals surface area contributed by atoms with Crippen LogP contribution in [0.3, 0.4) is 0 Å². The first-order valence-electron chi connectivity index (χ1n) is 6.06. The lowest BCUT2D eigenvalue weighted by Gasteiger charge is -2.40. The molecule has 2 nitrogen and oxygen atoms in total. The van der Waals surface area contributed by atoms with Crippen LogP contribution in [-0.4, -0.2) is 31.6 Å². The second-order valence-corrected chi connectivity index (χ2v) is 4.52. The third-order valence-corrected chi connectivity index (χ3v) is 3.46. The summed E-state index contributed by atoms with van der Waals surface area (Å²) in [7, 11) is 2.18. The third kappa shape index (κ3) is 2.28. The molecule has 0 atom stereocenters. The molecule has 1 radical (unpaired) electrons. The molecule has 1 heterocycles. The van der Waals surface area contributed by atoms with E-state index in [9.17, 15) is 0 Å². The van der Waals surface area contributed by atoms with E-state index in [0.717, 1.165) is 32.5 Å². The molecule has 1 fully saturated rings. The second-order valence-electron chi connectivity index (χ2n) is 4.52. The van der Waals surface area contributed by atoms with Crippen LogP contribution < -0.4 is 0 Å². The molecule has 2 heteroatoms. The van der Waals surface area contributed by atoms with E-state index in [1.54, 1.807) is 0 Å². The minimum atomic E-state index is -0.0592. The third-order valence-electron chi connectivity index (χ3n) is 3.46. The Balaban J connectivity index is 2.22. The van der Waals surface area contributed by atoms with Crippen LogP contribution in [0.5, 0.6) is 0 Å². The second kappa shape index (κ2) is 4.98. The molecule has 1 aromatic carbocycles. The van der Waals surface area contributed by atoms with Crippen LogP contribution in [0, 0.1) is 6.07 Å². The molecule has 0 amide bonds. The summed E-state index contributed by atoms with van der Waals surface area (Å²) in [6.45, 7) is 5.08. The lowest BCUT2D eigenvalue weighted by atomic mass is 9.84. The van der Waals surface area contributed by atoms with Crippen LogP contribution >= 0.6 is 0 Å². The van der Waals surface area contributed by atoms with Crippen molar-refractivity contribution in [1.82, 2.24) is 4.90 Å². The Morgan fingerprint density at radius 2 is 1.94 bits per heavy atom. The Morgan fingerprint density at radius 3 is 2.50 bits per heavy atom. The van der Waals surface area contributed by atoms with Crippen molar-refractivity contribution in [3.05, 3.63) is 35.9 Å². The van der Waals surface area contributed by atoms with Gasteiger partial charge in [-0.1, -0.05) is 24.3 Å². The summed E-state index contributed by atoms with van der Waals surface area (Å²) in [6, 6.07) is 11.3. The number of ether oxygens (including phenoxy) is 1. The number of likely N-dealkylation sites (tertiary alicyclic amines) is 1. The molecule has 1 aliphatic heterocycles. The standard InChI is InChI=1S/C14H20NO/c1-3-16-14(9-11-15(2)12-10-14)13-7-5-4-6-8-13/h5-8H,3,9-12H2,1-2H3. The molecule has 0 aliphatic carbocycles. The highest BCUT2D eigenvalue weighted by atomic mass is 16.5. The minimum Gasteiger partial charge on any atom is -0.370 e. The number of rotatable bonds is 3. The van der Waals surface area contributed by atoms with Gasteiger partial charge in [-0.3, -0.25) is 0 Å². The molecule has 0 unspecified atom stereocenters. The van der Waals surface area contributed by atoms with Crippen LogP contribution in [0.4, 0.5) is 0 Å². The Morgan fingerprint density at radius 1 is 1.31 bits per heavy atom. The van der Waals surface area contributed by atoms with Crippen LogP contribution in [0.25, 0.3) is 0 Å². The summed E-state index contributed by atoms with van der Waals surface area (Å²) < 4.78 is 6.06. The summed E-state index contributed by atoms with van der Waals surface area (Å²) in [4.78, 5) is 2.37. The van der Waals surface area contributed by atoms with Gasteiger partial charge in [0, 0.05) is 19.7 Å². The van der Waals surface area contributed by atoms with Crippen molar-refractivity contribution >= 4 is 0 Å². The van der Waals surface area contributed by atoms with Crippen molar-refractivity contribution < 1.29 is 4.74 Å². The van der Waals surface area contributed by atoms with Gasteiger partial charge < -0.3 is 9.64 Å². The topological polar surface area (TPSA) is 12.5 Å². The number of hydrogen-bond donors (Lipinski definition) is 0. The molecule has 16 heavy (non-hydrogen) atoms. The van der Waals surface area contributed by atoms with E-state index >= 15 is 0 Å². The van der Waals surface area contributed by atoms with E-state index in [1.807, 2.05) is 12.1 Å². The Hall–Kier alpha value is -0.860. The summed E-state index contributed by atoms with van der Waals surface area (Å²) >= 11 is 0. The van der Waals surface area contributed by atoms with E-state index < -0.39 is 0 Å². The smallest absolute Gasteiger partial charge is 0.0955 e. The van der Waals surface area contributed by atoms with Crippen LogP contribution in [0.1, 0.15) is 25.3 Å². The molecule has 87 valence electrons. The first-order valence-corrected chi connectivity index (χ1v) is 6.06. The van der Waals surface area contributed by atoms with Crippen molar-refractivity contribution in [2.75, 3.05) is 26.7 Å². The fourth-order valence-corrected chi connectivity index (χ4v) is 2.46. The van der Waals surface area contributed by atoms with Crippen LogP contribution in [0.15, 0.2) is 24.3 Å². The fraction of sp³-hybridized carbons (Fsp3) is 0.571. The van der Waals surface area contributed by atoms with Gasteiger partial charge in [0.1, 0.15) is 0 Å². The Bertz CT molecular complexity index is 315. The molecule has 1 saturated heterocycles. The minimum absolute atomic E-state index is 0.0592. The van der Waals surface area contributed by atoms with E-state index in [1.165, 1.54) is 5.56 Å². The Kier molecular flexibility index (Phi) is 3.62. The molecule has 0 saturated carbocycles. The van der Waals surface area contributed by atoms with Gasteiger partial charge in [0.05, 0.1) is 5.60 Å². The number of piperidine rings is 1. The van der Waals surface area contributed by atoms with Crippen molar-refractivity contribution in [1.29, 1.82) is 0 Å². The maximum atomic E-state index is 6.06. The first-order chi connectivity index (χ1) is 7.77. The zero-order valence-corrected chi connectivity index (χ0v) is 10.2. The highest BCUT2D eigenvalue weighted by molar-refractivity contribution is 5.23. The van der Waals surface area contributed by atoms with Crippen LogP contribution in [-0.2, 0) is 10.3 Å². The van der Waals surface area contributed by atoms with Gasteiger partial charge in [0.2, 0.25) is 0 Å². The van der Waals surface area contributed by atoms with E-state index in [2.05, 4.69) is 37.1 Å². The van der Waals surface area contributed by atoms with E-state index in [0.29, 0.717) is 0 Å². The highest BCUT2D eigenvalue weighted by Crippen LogP contribution is 2.36. The lowest BCUT2D eigenvalue weighted by Crippen LogP contribution is -2.42. The van der Waals surface area contributed by atoms with Crippen LogP contribution in [0.2, 0.25) is 0 Å². The van der Waals surface area contributed by atoms with Gasteiger partial charge in [-0.15, -0.1) is 0 Å². The predicted molar refractivity (Wildman–Crippen MR) is 65.3 cm³/mol. The number of nitrogens with zero attached hydrogens (tertiary/aromatic N) is 1. The number of hydrogen-bond acceptors (Lipinski definition) is 2. The average Bonchev–Trinajstić information content (AvgIpc) is 2.34. The normalized spacial score (nSPS) is 20.9. The Labute approximate surface area is 98.2 Å². The summed E-state index contributed by atoms with van der Waals surface area (Å²) in [5, 5.41) is 0. The lowest BCUT2D eigenvalue weighted by molar-refractivity contribution is -0.0818. The SMILES string of the molecule is CCOC1(c2cc[c]cc2)CCN(C)CC1. The predicted octanol–water partition coefficient (Wildman–Crippen LogP) is 2.44. The number of benzene rings is 1. The van der Waals surface area contributed by atoms with Crippen molar-refractivity contribution in [2.24, 2.45) is 0 Å². The van der Waals surface area contributed by atoms with Gasteiger partial charge in [-0.2, -0.15) is 0 Å². The summed E-state index contributed by atoms with van der Waals surface area (Å²) in [6.07, 6.45) is 2.17.